The standard InChI is InChI=1S/C17H19ClN2O3/c1-22-10-11-23-12-16(21)20-17(14-6-8-19-9-7-14)13-2-4-15(18)5-3-13/h2-9,17H,10-12H2,1H3,(H,20,21). The van der Waals surface area contributed by atoms with Crippen molar-refractivity contribution >= 4 is 17.5 Å². The lowest BCUT2D eigenvalue weighted by Crippen LogP contribution is -2.32. The molecule has 6 heteroatoms. The number of halogens is 1. The van der Waals surface area contributed by atoms with Gasteiger partial charge in [0.15, 0.2) is 0 Å². The quantitative estimate of drug-likeness (QED) is 0.754. The van der Waals surface area contributed by atoms with Gasteiger partial charge in [-0.1, -0.05) is 23.7 Å². The van der Waals surface area contributed by atoms with Gasteiger partial charge in [0.1, 0.15) is 6.61 Å². The van der Waals surface area contributed by atoms with E-state index in [1.54, 1.807) is 31.6 Å². The first-order chi connectivity index (χ1) is 11.2. The number of hydrogen-bond donors (Lipinski definition) is 1. The Labute approximate surface area is 140 Å². The molecule has 1 aromatic heterocycles. The molecule has 0 radical (unpaired) electrons. The first-order valence-electron chi connectivity index (χ1n) is 7.22. The maximum atomic E-state index is 12.1. The van der Waals surface area contributed by atoms with Crippen LogP contribution in [0.2, 0.25) is 5.02 Å². The van der Waals surface area contributed by atoms with Gasteiger partial charge in [-0.15, -0.1) is 0 Å². The average molecular weight is 335 g/mol. The maximum Gasteiger partial charge on any atom is 0.246 e. The molecule has 1 unspecified atom stereocenters. The van der Waals surface area contributed by atoms with Gasteiger partial charge >= 0.3 is 0 Å². The molecule has 1 amide bonds. The third kappa shape index (κ3) is 5.63. The van der Waals surface area contributed by atoms with E-state index < -0.39 is 0 Å². The summed E-state index contributed by atoms with van der Waals surface area (Å²) in [4.78, 5) is 16.1. The first kappa shape index (κ1) is 17.4. The third-order valence-corrected chi connectivity index (χ3v) is 3.47. The Morgan fingerprint density at radius 3 is 2.43 bits per heavy atom. The predicted octanol–water partition coefficient (Wildman–Crippen LogP) is 2.60. The minimum atomic E-state index is -0.284. The second-order valence-electron chi connectivity index (χ2n) is 4.88. The van der Waals surface area contributed by atoms with Gasteiger partial charge in [-0.2, -0.15) is 0 Å². The maximum absolute atomic E-state index is 12.1. The Kier molecular flexibility index (Phi) is 7.00. The Morgan fingerprint density at radius 1 is 1.13 bits per heavy atom. The monoisotopic (exact) mass is 334 g/mol. The summed E-state index contributed by atoms with van der Waals surface area (Å²) in [6.07, 6.45) is 3.39. The second-order valence-corrected chi connectivity index (χ2v) is 5.31. The van der Waals surface area contributed by atoms with E-state index in [1.807, 2.05) is 24.3 Å². The lowest BCUT2D eigenvalue weighted by Gasteiger charge is -2.20. The number of pyridine rings is 1. The minimum Gasteiger partial charge on any atom is -0.382 e. The zero-order valence-corrected chi connectivity index (χ0v) is 13.6. The van der Waals surface area contributed by atoms with Gasteiger partial charge < -0.3 is 14.8 Å². The molecule has 0 aliphatic rings. The number of methoxy groups -OCH3 is 1. The average Bonchev–Trinajstić information content (AvgIpc) is 2.58. The van der Waals surface area contributed by atoms with Crippen LogP contribution in [0.5, 0.6) is 0 Å². The number of ether oxygens (including phenoxy) is 2. The van der Waals surface area contributed by atoms with E-state index in [0.29, 0.717) is 18.2 Å². The number of rotatable bonds is 8. The Morgan fingerprint density at radius 2 is 1.78 bits per heavy atom. The van der Waals surface area contributed by atoms with Crippen LogP contribution in [0.1, 0.15) is 17.2 Å². The van der Waals surface area contributed by atoms with Gasteiger partial charge in [0.05, 0.1) is 19.3 Å². The van der Waals surface area contributed by atoms with E-state index in [9.17, 15) is 4.79 Å². The van der Waals surface area contributed by atoms with Crippen LogP contribution in [0.15, 0.2) is 48.8 Å². The highest BCUT2D eigenvalue weighted by molar-refractivity contribution is 6.30. The van der Waals surface area contributed by atoms with Gasteiger partial charge in [-0.3, -0.25) is 9.78 Å². The SMILES string of the molecule is COCCOCC(=O)NC(c1ccncc1)c1ccc(Cl)cc1. The molecule has 1 aromatic carbocycles. The number of benzene rings is 1. The second kappa shape index (κ2) is 9.25. The summed E-state index contributed by atoms with van der Waals surface area (Å²) in [5.74, 6) is -0.196. The molecule has 2 rings (SSSR count). The number of carbonyl (C=O) groups is 1. The molecule has 0 saturated carbocycles. The minimum absolute atomic E-state index is 0.0153. The molecule has 0 spiro atoms. The molecule has 1 atom stereocenters. The molecule has 2 aromatic rings. The lowest BCUT2D eigenvalue weighted by molar-refractivity contribution is -0.126. The van der Waals surface area contributed by atoms with Crippen molar-refractivity contribution in [1.82, 2.24) is 10.3 Å². The van der Waals surface area contributed by atoms with Gasteiger partial charge in [-0.05, 0) is 35.4 Å². The van der Waals surface area contributed by atoms with Gasteiger partial charge in [-0.25, -0.2) is 0 Å². The van der Waals surface area contributed by atoms with Crippen molar-refractivity contribution in [2.24, 2.45) is 0 Å². The molecule has 122 valence electrons. The van der Waals surface area contributed by atoms with Crippen molar-refractivity contribution in [2.75, 3.05) is 26.9 Å². The number of nitrogens with one attached hydrogen (secondary N) is 1. The Hall–Kier alpha value is -1.95. The van der Waals surface area contributed by atoms with Crippen molar-refractivity contribution < 1.29 is 14.3 Å². The zero-order chi connectivity index (χ0) is 16.5. The van der Waals surface area contributed by atoms with Crippen LogP contribution < -0.4 is 5.32 Å². The van der Waals surface area contributed by atoms with Gasteiger partial charge in [0.25, 0.3) is 0 Å². The summed E-state index contributed by atoms with van der Waals surface area (Å²) in [5, 5.41) is 3.62. The summed E-state index contributed by atoms with van der Waals surface area (Å²) in [6.45, 7) is 0.821. The van der Waals surface area contributed by atoms with Crippen LogP contribution >= 0.6 is 11.6 Å². The molecule has 0 aliphatic heterocycles. The van der Waals surface area contributed by atoms with Gasteiger partial charge in [0, 0.05) is 24.5 Å². The van der Waals surface area contributed by atoms with Gasteiger partial charge in [0.2, 0.25) is 5.91 Å². The molecule has 0 aliphatic carbocycles. The largest absolute Gasteiger partial charge is 0.382 e. The lowest BCUT2D eigenvalue weighted by atomic mass is 10.00. The van der Waals surface area contributed by atoms with Crippen LogP contribution in [-0.2, 0) is 14.3 Å². The summed E-state index contributed by atoms with van der Waals surface area (Å²) < 4.78 is 10.1. The molecule has 0 bridgehead atoms. The van der Waals surface area contributed by atoms with Crippen molar-refractivity contribution in [3.8, 4) is 0 Å². The van der Waals surface area contributed by atoms with E-state index in [0.717, 1.165) is 11.1 Å². The smallest absolute Gasteiger partial charge is 0.246 e. The Bertz CT molecular complexity index is 605. The number of hydrogen-bond acceptors (Lipinski definition) is 4. The molecular weight excluding hydrogens is 316 g/mol. The molecular formula is C17H19ClN2O3. The topological polar surface area (TPSA) is 60.5 Å². The Balaban J connectivity index is 2.08. The molecule has 1 heterocycles. The van der Waals surface area contributed by atoms with E-state index in [1.165, 1.54) is 0 Å². The number of carbonyl (C=O) groups excluding carboxylic acids is 1. The highest BCUT2D eigenvalue weighted by Gasteiger charge is 2.16. The van der Waals surface area contributed by atoms with E-state index in [-0.39, 0.29) is 18.6 Å². The van der Waals surface area contributed by atoms with Crippen molar-refractivity contribution in [3.05, 3.63) is 64.9 Å². The number of nitrogens with zero attached hydrogens (tertiary/aromatic N) is 1. The normalized spacial score (nSPS) is 11.9. The molecule has 23 heavy (non-hydrogen) atoms. The van der Waals surface area contributed by atoms with E-state index in [4.69, 9.17) is 21.1 Å². The fraction of sp³-hybridized carbons (Fsp3) is 0.294. The van der Waals surface area contributed by atoms with Crippen LogP contribution in [0.25, 0.3) is 0 Å². The summed E-state index contributed by atoms with van der Waals surface area (Å²) in [6, 6.07) is 10.8. The van der Waals surface area contributed by atoms with Crippen LogP contribution in [0.4, 0.5) is 0 Å². The number of aromatic nitrogens is 1. The van der Waals surface area contributed by atoms with Crippen LogP contribution in [0.3, 0.4) is 0 Å². The summed E-state index contributed by atoms with van der Waals surface area (Å²) in [5.41, 5.74) is 1.87. The zero-order valence-electron chi connectivity index (χ0n) is 12.9. The molecule has 5 nitrogen and oxygen atoms in total. The summed E-state index contributed by atoms with van der Waals surface area (Å²) in [7, 11) is 1.59. The molecule has 0 fully saturated rings. The fourth-order valence-corrected chi connectivity index (χ4v) is 2.21. The number of amides is 1. The van der Waals surface area contributed by atoms with Crippen LogP contribution in [-0.4, -0.2) is 37.8 Å². The van der Waals surface area contributed by atoms with E-state index in [2.05, 4.69) is 10.3 Å². The predicted molar refractivity (Wildman–Crippen MR) is 88.4 cm³/mol. The van der Waals surface area contributed by atoms with Crippen molar-refractivity contribution in [1.29, 1.82) is 0 Å². The summed E-state index contributed by atoms with van der Waals surface area (Å²) >= 11 is 5.94. The highest BCUT2D eigenvalue weighted by Crippen LogP contribution is 2.23. The van der Waals surface area contributed by atoms with Crippen molar-refractivity contribution in [2.45, 2.75) is 6.04 Å². The third-order valence-electron chi connectivity index (χ3n) is 3.21. The van der Waals surface area contributed by atoms with Crippen LogP contribution in [0, 0.1) is 0 Å². The first-order valence-corrected chi connectivity index (χ1v) is 7.60. The fourth-order valence-electron chi connectivity index (χ4n) is 2.08. The van der Waals surface area contributed by atoms with E-state index >= 15 is 0 Å². The molecule has 1 N–H and O–H groups in total. The van der Waals surface area contributed by atoms with Crippen molar-refractivity contribution in [3.63, 3.8) is 0 Å². The highest BCUT2D eigenvalue weighted by atomic mass is 35.5. The molecule has 0 saturated heterocycles.